The van der Waals surface area contributed by atoms with Crippen LogP contribution in [-0.2, 0) is 0 Å². The second-order valence-corrected chi connectivity index (χ2v) is 13.9. The van der Waals surface area contributed by atoms with Gasteiger partial charge in [-0.15, -0.1) is 0 Å². The number of rotatable bonds is 5. The molecule has 7 aliphatic rings. The Balaban J connectivity index is 1.06. The second kappa shape index (κ2) is 8.09. The summed E-state index contributed by atoms with van der Waals surface area (Å²) in [5.74, 6) is 11.0. The minimum absolute atomic E-state index is 0.838. The Morgan fingerprint density at radius 2 is 1.33 bits per heavy atom. The van der Waals surface area contributed by atoms with E-state index < -0.39 is 0 Å². The van der Waals surface area contributed by atoms with Crippen LogP contribution in [-0.4, -0.2) is 0 Å². The number of hydrogen-bond acceptors (Lipinski definition) is 0. The van der Waals surface area contributed by atoms with Crippen molar-refractivity contribution in [2.75, 3.05) is 0 Å². The quantitative estimate of drug-likeness (QED) is 0.424. The van der Waals surface area contributed by atoms with Crippen LogP contribution in [0.5, 0.6) is 0 Å². The molecule has 0 N–H and O–H groups in total. The average molecular weight is 411 g/mol. The van der Waals surface area contributed by atoms with Crippen molar-refractivity contribution in [3.8, 4) is 0 Å². The fourth-order valence-corrected chi connectivity index (χ4v) is 11.4. The standard InChI is InChI=1S/C30H50/c1-3-25-16-26(20(2)28-6-4-5-7-29(25)28)10-8-21-9-11-27(15-21)30-17-22-12-23(18-30)14-24(13-22)19-30/h20-29H,3-19H2,1-2H3. The van der Waals surface area contributed by atoms with Gasteiger partial charge in [-0.25, -0.2) is 0 Å². The van der Waals surface area contributed by atoms with Crippen molar-refractivity contribution in [2.24, 2.45) is 64.6 Å². The van der Waals surface area contributed by atoms with E-state index in [1.165, 1.54) is 19.3 Å². The van der Waals surface area contributed by atoms with Crippen LogP contribution >= 0.6 is 0 Å². The van der Waals surface area contributed by atoms with Crippen LogP contribution in [0.3, 0.4) is 0 Å². The van der Waals surface area contributed by atoms with Gasteiger partial charge in [-0.1, -0.05) is 46.0 Å². The van der Waals surface area contributed by atoms with Gasteiger partial charge in [-0.3, -0.25) is 0 Å². The van der Waals surface area contributed by atoms with Crippen LogP contribution in [0.15, 0.2) is 0 Å². The minimum Gasteiger partial charge on any atom is -0.0651 e. The van der Waals surface area contributed by atoms with Gasteiger partial charge in [0.2, 0.25) is 0 Å². The fourth-order valence-electron chi connectivity index (χ4n) is 11.4. The summed E-state index contributed by atoms with van der Waals surface area (Å²) in [5, 5.41) is 0. The van der Waals surface area contributed by atoms with Crippen molar-refractivity contribution >= 4 is 0 Å². The molecule has 0 saturated heterocycles. The molecule has 0 amide bonds. The molecule has 0 heterocycles. The van der Waals surface area contributed by atoms with E-state index in [9.17, 15) is 0 Å². The zero-order valence-corrected chi connectivity index (χ0v) is 20.3. The first kappa shape index (κ1) is 20.6. The van der Waals surface area contributed by atoms with Gasteiger partial charge in [-0.05, 0) is 142 Å². The first-order valence-electron chi connectivity index (χ1n) is 14.6. The van der Waals surface area contributed by atoms with E-state index in [4.69, 9.17) is 0 Å². The topological polar surface area (TPSA) is 0 Å². The molecule has 30 heavy (non-hydrogen) atoms. The third-order valence-corrected chi connectivity index (χ3v) is 12.5. The Morgan fingerprint density at radius 3 is 2.00 bits per heavy atom. The van der Waals surface area contributed by atoms with Gasteiger partial charge in [0.25, 0.3) is 0 Å². The average Bonchev–Trinajstić information content (AvgIpc) is 3.23. The van der Waals surface area contributed by atoms with Gasteiger partial charge in [0.15, 0.2) is 0 Å². The van der Waals surface area contributed by atoms with Crippen LogP contribution in [0.4, 0.5) is 0 Å². The third kappa shape index (κ3) is 3.53. The van der Waals surface area contributed by atoms with Crippen LogP contribution < -0.4 is 0 Å². The lowest BCUT2D eigenvalue weighted by atomic mass is 9.46. The van der Waals surface area contributed by atoms with Crippen molar-refractivity contribution in [1.29, 1.82) is 0 Å². The van der Waals surface area contributed by atoms with Gasteiger partial charge in [0.1, 0.15) is 0 Å². The normalized spacial score (nSPS) is 55.0. The molecule has 7 fully saturated rings. The van der Waals surface area contributed by atoms with Crippen LogP contribution in [0, 0.1) is 64.6 Å². The van der Waals surface area contributed by atoms with E-state index in [2.05, 4.69) is 13.8 Å². The van der Waals surface area contributed by atoms with Crippen LogP contribution in [0.2, 0.25) is 0 Å². The summed E-state index contributed by atoms with van der Waals surface area (Å²) in [6.45, 7) is 5.17. The summed E-state index contributed by atoms with van der Waals surface area (Å²) in [6.07, 6.45) is 27.1. The molecule has 4 bridgehead atoms. The highest BCUT2D eigenvalue weighted by atomic mass is 14.6. The second-order valence-electron chi connectivity index (χ2n) is 13.9. The van der Waals surface area contributed by atoms with Crippen molar-refractivity contribution in [2.45, 2.75) is 123 Å². The lowest BCUT2D eigenvalue weighted by Gasteiger charge is -2.59. The van der Waals surface area contributed by atoms with Gasteiger partial charge >= 0.3 is 0 Å². The lowest BCUT2D eigenvalue weighted by Crippen LogP contribution is -2.49. The Hall–Kier alpha value is 0. The third-order valence-electron chi connectivity index (χ3n) is 12.5. The summed E-state index contributed by atoms with van der Waals surface area (Å²) in [4.78, 5) is 0. The first-order valence-corrected chi connectivity index (χ1v) is 14.6. The number of hydrogen-bond donors (Lipinski definition) is 0. The van der Waals surface area contributed by atoms with E-state index in [1.54, 1.807) is 89.9 Å². The van der Waals surface area contributed by atoms with Gasteiger partial charge in [0.05, 0.1) is 0 Å². The molecule has 0 aromatic carbocycles. The summed E-state index contributed by atoms with van der Waals surface area (Å²) in [7, 11) is 0. The van der Waals surface area contributed by atoms with Crippen LogP contribution in [0.25, 0.3) is 0 Å². The predicted molar refractivity (Wildman–Crippen MR) is 127 cm³/mol. The summed E-state index contributed by atoms with van der Waals surface area (Å²) < 4.78 is 0. The van der Waals surface area contributed by atoms with Gasteiger partial charge in [-0.2, -0.15) is 0 Å². The molecular weight excluding hydrogens is 360 g/mol. The monoisotopic (exact) mass is 410 g/mol. The van der Waals surface area contributed by atoms with Crippen molar-refractivity contribution < 1.29 is 0 Å². The molecular formula is C30H50. The molecule has 7 atom stereocenters. The smallest absolute Gasteiger partial charge is 0.0261 e. The molecule has 0 aromatic rings. The molecule has 0 nitrogen and oxygen atoms in total. The molecule has 7 rings (SSSR count). The lowest BCUT2D eigenvalue weighted by molar-refractivity contribution is -0.0866. The zero-order valence-electron chi connectivity index (χ0n) is 20.3. The molecule has 0 radical (unpaired) electrons. The Kier molecular flexibility index (Phi) is 5.56. The summed E-state index contributed by atoms with van der Waals surface area (Å²) >= 11 is 0. The molecule has 7 saturated carbocycles. The maximum absolute atomic E-state index is 2.67. The Bertz CT molecular complexity index is 568. The number of fused-ring (bicyclic) bond motifs is 1. The zero-order chi connectivity index (χ0) is 20.3. The van der Waals surface area contributed by atoms with E-state index in [0.29, 0.717) is 0 Å². The van der Waals surface area contributed by atoms with Gasteiger partial charge in [0, 0.05) is 0 Å². The largest absolute Gasteiger partial charge is 0.0651 e. The van der Waals surface area contributed by atoms with Gasteiger partial charge < -0.3 is 0 Å². The van der Waals surface area contributed by atoms with Crippen LogP contribution in [0.1, 0.15) is 123 Å². The SMILES string of the molecule is CCC1CC(CCC2CCC(C34CC5CC(CC(C5)C3)C4)C2)C(C)C2CCCCC12. The summed E-state index contributed by atoms with van der Waals surface area (Å²) in [5.41, 5.74) is 0.838. The Labute approximate surface area is 187 Å². The van der Waals surface area contributed by atoms with E-state index >= 15 is 0 Å². The highest BCUT2D eigenvalue weighted by Crippen LogP contribution is 2.65. The molecule has 7 aliphatic carbocycles. The molecule has 170 valence electrons. The highest BCUT2D eigenvalue weighted by molar-refractivity contribution is 5.05. The molecule has 0 aromatic heterocycles. The fraction of sp³-hybridized carbons (Fsp3) is 1.00. The molecule has 0 spiro atoms. The van der Waals surface area contributed by atoms with Crippen molar-refractivity contribution in [3.05, 3.63) is 0 Å². The van der Waals surface area contributed by atoms with E-state index in [1.807, 2.05) is 0 Å². The molecule has 0 aliphatic heterocycles. The highest BCUT2D eigenvalue weighted by Gasteiger charge is 2.55. The van der Waals surface area contributed by atoms with E-state index in [0.717, 1.165) is 64.6 Å². The first-order chi connectivity index (χ1) is 14.6. The summed E-state index contributed by atoms with van der Waals surface area (Å²) in [6, 6.07) is 0. The minimum atomic E-state index is 0.838. The predicted octanol–water partition coefficient (Wildman–Crippen LogP) is 8.89. The molecule has 7 unspecified atom stereocenters. The Morgan fingerprint density at radius 1 is 0.667 bits per heavy atom. The van der Waals surface area contributed by atoms with E-state index in [-0.39, 0.29) is 0 Å². The van der Waals surface area contributed by atoms with Crippen molar-refractivity contribution in [1.82, 2.24) is 0 Å². The molecule has 0 heteroatoms. The maximum Gasteiger partial charge on any atom is -0.0261 e. The maximum atomic E-state index is 2.67. The van der Waals surface area contributed by atoms with Crippen molar-refractivity contribution in [3.63, 3.8) is 0 Å².